The maximum atomic E-state index is 13.0. The average Bonchev–Trinajstić information content (AvgIpc) is 2.92. The van der Waals surface area contributed by atoms with Crippen LogP contribution in [0.25, 0.3) is 6.08 Å². The molecule has 0 unspecified atom stereocenters. The zero-order valence-corrected chi connectivity index (χ0v) is 15.6. The third-order valence-electron chi connectivity index (χ3n) is 3.67. The molecule has 2 N–H and O–H groups in total. The number of rotatable bonds is 4. The van der Waals surface area contributed by atoms with Crippen LogP contribution in [0.4, 0.5) is 5.69 Å². The van der Waals surface area contributed by atoms with E-state index >= 15 is 0 Å². The van der Waals surface area contributed by atoms with Crippen LogP contribution in [-0.4, -0.2) is 27.8 Å². The van der Waals surface area contributed by atoms with Gasteiger partial charge < -0.3 is 10.2 Å². The molecule has 1 aliphatic heterocycles. The number of halogens is 1. The van der Waals surface area contributed by atoms with Crippen LogP contribution in [0, 0.1) is 0 Å². The van der Waals surface area contributed by atoms with Gasteiger partial charge in [0.05, 0.1) is 15.6 Å². The number of nitrogens with zero attached hydrogens (tertiary/aromatic N) is 2. The molecule has 1 aliphatic rings. The highest BCUT2D eigenvalue weighted by atomic mass is 35.5. The third kappa shape index (κ3) is 3.71. The topological polar surface area (TPSA) is 73.1 Å². The molecule has 26 heavy (non-hydrogen) atoms. The van der Waals surface area contributed by atoms with Crippen LogP contribution < -0.4 is 4.90 Å². The van der Waals surface area contributed by atoms with Crippen molar-refractivity contribution in [1.29, 1.82) is 0 Å². The van der Waals surface area contributed by atoms with Crippen molar-refractivity contribution in [2.45, 2.75) is 13.3 Å². The fourth-order valence-electron chi connectivity index (χ4n) is 2.42. The number of hydrogen-bond acceptors (Lipinski definition) is 5. The smallest absolute Gasteiger partial charge is 0.271 e. The first-order valence-electron chi connectivity index (χ1n) is 8.06. The number of benzene rings is 2. The summed E-state index contributed by atoms with van der Waals surface area (Å²) in [7, 11) is 0. The average molecular weight is 389 g/mol. The van der Waals surface area contributed by atoms with E-state index in [1.54, 1.807) is 36.4 Å². The van der Waals surface area contributed by atoms with Crippen molar-refractivity contribution < 1.29 is 15.0 Å². The Morgan fingerprint density at radius 2 is 1.96 bits per heavy atom. The van der Waals surface area contributed by atoms with Crippen LogP contribution in [0.5, 0.6) is 11.5 Å². The Hall–Kier alpha value is -2.44. The van der Waals surface area contributed by atoms with E-state index in [4.69, 9.17) is 11.6 Å². The van der Waals surface area contributed by atoms with Crippen LogP contribution in [0.15, 0.2) is 52.4 Å². The molecule has 134 valence electrons. The molecule has 1 heterocycles. The van der Waals surface area contributed by atoms with Gasteiger partial charge >= 0.3 is 0 Å². The van der Waals surface area contributed by atoms with Crippen molar-refractivity contribution in [3.8, 4) is 11.5 Å². The number of phenols is 2. The predicted molar refractivity (Wildman–Crippen MR) is 107 cm³/mol. The van der Waals surface area contributed by atoms with E-state index < -0.39 is 0 Å². The van der Waals surface area contributed by atoms with Crippen molar-refractivity contribution in [1.82, 2.24) is 0 Å². The van der Waals surface area contributed by atoms with Crippen molar-refractivity contribution in [2.24, 2.45) is 4.99 Å². The van der Waals surface area contributed by atoms with Gasteiger partial charge in [-0.05, 0) is 54.1 Å². The number of amides is 1. The van der Waals surface area contributed by atoms with Gasteiger partial charge in [0.1, 0.15) is 11.5 Å². The lowest BCUT2D eigenvalue weighted by molar-refractivity contribution is -0.113. The molecule has 0 bridgehead atoms. The SMILES string of the molecule is CCCN=C1S/C(=C\c2ccc(O)c(Cl)c2)C(=O)N1c1ccccc1O. The lowest BCUT2D eigenvalue weighted by Gasteiger charge is -2.16. The van der Waals surface area contributed by atoms with Gasteiger partial charge in [-0.1, -0.05) is 36.7 Å². The minimum absolute atomic E-state index is 0.0135. The van der Waals surface area contributed by atoms with Gasteiger partial charge in [0.15, 0.2) is 5.17 Å². The van der Waals surface area contributed by atoms with Gasteiger partial charge in [-0.15, -0.1) is 0 Å². The Labute approximate surface area is 160 Å². The summed E-state index contributed by atoms with van der Waals surface area (Å²) in [6.07, 6.45) is 2.54. The summed E-state index contributed by atoms with van der Waals surface area (Å²) in [4.78, 5) is 19.3. The number of para-hydroxylation sites is 2. The van der Waals surface area contributed by atoms with Gasteiger partial charge in [-0.25, -0.2) is 0 Å². The predicted octanol–water partition coefficient (Wildman–Crippen LogP) is 4.64. The summed E-state index contributed by atoms with van der Waals surface area (Å²) in [5.74, 6) is -0.268. The fraction of sp³-hybridized carbons (Fsp3) is 0.158. The summed E-state index contributed by atoms with van der Waals surface area (Å²) in [6, 6.07) is 11.4. The Balaban J connectivity index is 2.02. The molecule has 0 aromatic heterocycles. The normalized spacial score (nSPS) is 17.5. The van der Waals surface area contributed by atoms with Crippen molar-refractivity contribution >= 4 is 46.2 Å². The highest BCUT2D eigenvalue weighted by molar-refractivity contribution is 8.19. The molecular weight excluding hydrogens is 372 g/mol. The number of phenolic OH excluding ortho intramolecular Hbond substituents is 2. The largest absolute Gasteiger partial charge is 0.506 e. The summed E-state index contributed by atoms with van der Waals surface area (Å²) in [5, 5.41) is 20.4. The van der Waals surface area contributed by atoms with E-state index in [1.807, 2.05) is 6.92 Å². The highest BCUT2D eigenvalue weighted by Gasteiger charge is 2.35. The molecule has 0 spiro atoms. The summed E-state index contributed by atoms with van der Waals surface area (Å²) in [5.41, 5.74) is 1.09. The maximum absolute atomic E-state index is 13.0. The fourth-order valence-corrected chi connectivity index (χ4v) is 3.60. The molecule has 2 aromatic carbocycles. The molecule has 1 amide bonds. The van der Waals surface area contributed by atoms with Crippen molar-refractivity contribution in [2.75, 3.05) is 11.4 Å². The van der Waals surface area contributed by atoms with Crippen LogP contribution in [0.1, 0.15) is 18.9 Å². The number of thioether (sulfide) groups is 1. The molecule has 1 fully saturated rings. The summed E-state index contributed by atoms with van der Waals surface area (Å²) >= 11 is 7.19. The van der Waals surface area contributed by atoms with Gasteiger partial charge in [0, 0.05) is 6.54 Å². The monoisotopic (exact) mass is 388 g/mol. The van der Waals surface area contributed by atoms with E-state index in [2.05, 4.69) is 4.99 Å². The minimum atomic E-state index is -0.268. The second-order valence-corrected chi connectivity index (χ2v) is 7.03. The highest BCUT2D eigenvalue weighted by Crippen LogP contribution is 2.39. The number of carbonyl (C=O) groups is 1. The summed E-state index contributed by atoms with van der Waals surface area (Å²) < 4.78 is 0. The molecule has 0 radical (unpaired) electrons. The van der Waals surface area contributed by atoms with E-state index in [0.29, 0.717) is 27.9 Å². The molecule has 0 atom stereocenters. The first-order chi connectivity index (χ1) is 12.5. The van der Waals surface area contributed by atoms with Crippen molar-refractivity contribution in [3.63, 3.8) is 0 Å². The molecule has 2 aromatic rings. The lowest BCUT2D eigenvalue weighted by Crippen LogP contribution is -2.29. The van der Waals surface area contributed by atoms with E-state index in [1.165, 1.54) is 28.8 Å². The Morgan fingerprint density at radius 1 is 1.19 bits per heavy atom. The Bertz CT molecular complexity index is 911. The van der Waals surface area contributed by atoms with Gasteiger partial charge in [0.2, 0.25) is 0 Å². The Morgan fingerprint density at radius 3 is 2.65 bits per heavy atom. The van der Waals surface area contributed by atoms with Crippen molar-refractivity contribution in [3.05, 3.63) is 58.0 Å². The number of amidine groups is 1. The second kappa shape index (κ2) is 7.85. The molecule has 3 rings (SSSR count). The molecular formula is C19H17ClN2O3S. The third-order valence-corrected chi connectivity index (χ3v) is 4.98. The van der Waals surface area contributed by atoms with E-state index in [0.717, 1.165) is 6.42 Å². The van der Waals surface area contributed by atoms with Crippen LogP contribution in [0.3, 0.4) is 0 Å². The van der Waals surface area contributed by atoms with Gasteiger partial charge in [-0.2, -0.15) is 0 Å². The Kier molecular flexibility index (Phi) is 5.54. The number of aromatic hydroxyl groups is 2. The first kappa shape index (κ1) is 18.4. The number of hydrogen-bond donors (Lipinski definition) is 2. The number of anilines is 1. The van der Waals surface area contributed by atoms with Gasteiger partial charge in [0.25, 0.3) is 5.91 Å². The molecule has 0 saturated carbocycles. The summed E-state index contributed by atoms with van der Waals surface area (Å²) in [6.45, 7) is 2.59. The van der Waals surface area contributed by atoms with Crippen LogP contribution >= 0.6 is 23.4 Å². The quantitative estimate of drug-likeness (QED) is 0.748. The second-order valence-electron chi connectivity index (χ2n) is 5.62. The van der Waals surface area contributed by atoms with Crippen LogP contribution in [-0.2, 0) is 4.79 Å². The minimum Gasteiger partial charge on any atom is -0.506 e. The van der Waals surface area contributed by atoms with Crippen LogP contribution in [0.2, 0.25) is 5.02 Å². The van der Waals surface area contributed by atoms with E-state index in [-0.39, 0.29) is 22.4 Å². The zero-order valence-electron chi connectivity index (χ0n) is 14.0. The number of aliphatic imine (C=N–C) groups is 1. The molecule has 0 aliphatic carbocycles. The van der Waals surface area contributed by atoms with Gasteiger partial charge in [-0.3, -0.25) is 14.7 Å². The maximum Gasteiger partial charge on any atom is 0.271 e. The zero-order chi connectivity index (χ0) is 18.7. The molecule has 5 nitrogen and oxygen atoms in total. The lowest BCUT2D eigenvalue weighted by atomic mass is 10.2. The van der Waals surface area contributed by atoms with E-state index in [9.17, 15) is 15.0 Å². The molecule has 1 saturated heterocycles. The molecule has 7 heteroatoms. The number of carbonyl (C=O) groups excluding carboxylic acids is 1. The standard InChI is InChI=1S/C19H17ClN2O3S/c1-2-9-21-19-22(14-5-3-4-6-16(14)24)18(25)17(26-19)11-12-7-8-15(23)13(20)10-12/h3-8,10-11,23-24H,2,9H2,1H3/b17-11-,21-19?. The first-order valence-corrected chi connectivity index (χ1v) is 9.25.